The van der Waals surface area contributed by atoms with Gasteiger partial charge < -0.3 is 14.4 Å². The minimum atomic E-state index is 0.0994. The first-order valence-electron chi connectivity index (χ1n) is 7.28. The highest BCUT2D eigenvalue weighted by Gasteiger charge is 2.34. The topological polar surface area (TPSA) is 38.8 Å². The number of nitrogens with zero attached hydrogens (tertiary/aromatic N) is 1. The van der Waals surface area contributed by atoms with Crippen LogP contribution >= 0.6 is 11.3 Å². The number of ether oxygens (including phenoxy) is 2. The first-order chi connectivity index (χ1) is 10.7. The van der Waals surface area contributed by atoms with Gasteiger partial charge in [0.1, 0.15) is 11.5 Å². The Balaban J connectivity index is 1.86. The lowest BCUT2D eigenvalue weighted by atomic mass is 10.1. The second-order valence-electron chi connectivity index (χ2n) is 5.32. The summed E-state index contributed by atoms with van der Waals surface area (Å²) >= 11 is 1.49. The molecular formula is C17H19NO3S. The van der Waals surface area contributed by atoms with Crippen LogP contribution in [0.3, 0.4) is 0 Å². The standard InChI is InChI=1S/C17H19NO3S/c1-20-14-7-8-15(21-2)12(10-14)11-18(13-5-6-13)17(19)16-4-3-9-22-16/h3-4,7-10,13H,5-6,11H2,1-2H3. The van der Waals surface area contributed by atoms with Crippen molar-refractivity contribution < 1.29 is 14.3 Å². The minimum absolute atomic E-state index is 0.0994. The maximum absolute atomic E-state index is 12.7. The molecular weight excluding hydrogens is 298 g/mol. The first kappa shape index (κ1) is 14.9. The van der Waals surface area contributed by atoms with Crippen LogP contribution in [0.2, 0.25) is 0 Å². The van der Waals surface area contributed by atoms with Crippen LogP contribution in [-0.4, -0.2) is 31.1 Å². The summed E-state index contributed by atoms with van der Waals surface area (Å²) in [6.07, 6.45) is 2.15. The molecule has 1 saturated carbocycles. The van der Waals surface area contributed by atoms with Gasteiger partial charge in [-0.05, 0) is 42.5 Å². The number of hydrogen-bond acceptors (Lipinski definition) is 4. The molecule has 1 heterocycles. The van der Waals surface area contributed by atoms with E-state index in [4.69, 9.17) is 9.47 Å². The van der Waals surface area contributed by atoms with Crippen molar-refractivity contribution in [2.45, 2.75) is 25.4 Å². The van der Waals surface area contributed by atoms with Gasteiger partial charge >= 0.3 is 0 Å². The molecule has 1 aliphatic rings. The Kier molecular flexibility index (Phi) is 4.34. The molecule has 0 radical (unpaired) electrons. The number of benzene rings is 1. The molecule has 4 nitrogen and oxygen atoms in total. The zero-order valence-electron chi connectivity index (χ0n) is 12.7. The highest BCUT2D eigenvalue weighted by atomic mass is 32.1. The zero-order chi connectivity index (χ0) is 15.5. The highest BCUT2D eigenvalue weighted by molar-refractivity contribution is 7.12. The van der Waals surface area contributed by atoms with Gasteiger partial charge in [-0.25, -0.2) is 0 Å². The summed E-state index contributed by atoms with van der Waals surface area (Å²) < 4.78 is 10.7. The predicted molar refractivity (Wildman–Crippen MR) is 86.8 cm³/mol. The average molecular weight is 317 g/mol. The number of carbonyl (C=O) groups excluding carboxylic acids is 1. The SMILES string of the molecule is COc1ccc(OC)c(CN(C(=O)c2cccs2)C2CC2)c1. The Bertz CT molecular complexity index is 650. The number of hydrogen-bond donors (Lipinski definition) is 0. The van der Waals surface area contributed by atoms with Gasteiger partial charge in [0.15, 0.2) is 0 Å². The van der Waals surface area contributed by atoms with Crippen LogP contribution in [0.25, 0.3) is 0 Å². The predicted octanol–water partition coefficient (Wildman–Crippen LogP) is 3.57. The number of rotatable bonds is 6. The molecule has 0 saturated heterocycles. The Morgan fingerprint density at radius 2 is 2.09 bits per heavy atom. The lowest BCUT2D eigenvalue weighted by molar-refractivity contribution is 0.0733. The number of amides is 1. The van der Waals surface area contributed by atoms with Crippen LogP contribution in [0, 0.1) is 0 Å². The van der Waals surface area contributed by atoms with Crippen molar-refractivity contribution in [1.82, 2.24) is 4.90 Å². The Labute approximate surface area is 134 Å². The first-order valence-corrected chi connectivity index (χ1v) is 8.16. The van der Waals surface area contributed by atoms with Crippen LogP contribution in [0.5, 0.6) is 11.5 Å². The normalized spacial score (nSPS) is 13.7. The van der Waals surface area contributed by atoms with Gasteiger partial charge in [0.25, 0.3) is 5.91 Å². The van der Waals surface area contributed by atoms with E-state index in [9.17, 15) is 4.79 Å². The van der Waals surface area contributed by atoms with Gasteiger partial charge in [-0.2, -0.15) is 0 Å². The van der Waals surface area contributed by atoms with E-state index in [1.54, 1.807) is 14.2 Å². The van der Waals surface area contributed by atoms with Gasteiger partial charge in [-0.1, -0.05) is 6.07 Å². The summed E-state index contributed by atoms with van der Waals surface area (Å²) in [6, 6.07) is 9.82. The summed E-state index contributed by atoms with van der Waals surface area (Å²) in [5.74, 6) is 1.66. The Hall–Kier alpha value is -2.01. The van der Waals surface area contributed by atoms with Crippen molar-refractivity contribution in [3.63, 3.8) is 0 Å². The summed E-state index contributed by atoms with van der Waals surface area (Å²) in [6.45, 7) is 0.543. The van der Waals surface area contributed by atoms with Gasteiger partial charge in [0, 0.05) is 11.6 Å². The fourth-order valence-corrected chi connectivity index (χ4v) is 3.16. The van der Waals surface area contributed by atoms with Crippen molar-refractivity contribution in [3.05, 3.63) is 46.2 Å². The molecule has 22 heavy (non-hydrogen) atoms. The molecule has 2 aromatic rings. The third-order valence-corrected chi connectivity index (χ3v) is 4.67. The summed E-state index contributed by atoms with van der Waals surface area (Å²) in [7, 11) is 3.29. The van der Waals surface area contributed by atoms with Crippen molar-refractivity contribution in [3.8, 4) is 11.5 Å². The van der Waals surface area contributed by atoms with Gasteiger partial charge in [0.2, 0.25) is 0 Å². The number of methoxy groups -OCH3 is 2. The van der Waals surface area contributed by atoms with E-state index in [2.05, 4.69) is 0 Å². The molecule has 0 unspecified atom stereocenters. The van der Waals surface area contributed by atoms with Crippen molar-refractivity contribution in [1.29, 1.82) is 0 Å². The molecule has 3 rings (SSSR count). The molecule has 116 valence electrons. The molecule has 1 aromatic carbocycles. The lowest BCUT2D eigenvalue weighted by Crippen LogP contribution is -2.32. The highest BCUT2D eigenvalue weighted by Crippen LogP contribution is 2.33. The van der Waals surface area contributed by atoms with E-state index < -0.39 is 0 Å². The maximum atomic E-state index is 12.7. The van der Waals surface area contributed by atoms with Crippen LogP contribution in [-0.2, 0) is 6.54 Å². The van der Waals surface area contributed by atoms with E-state index in [0.717, 1.165) is 34.8 Å². The lowest BCUT2D eigenvalue weighted by Gasteiger charge is -2.23. The molecule has 1 aromatic heterocycles. The van der Waals surface area contributed by atoms with E-state index in [1.807, 2.05) is 40.6 Å². The molecule has 0 atom stereocenters. The van der Waals surface area contributed by atoms with Crippen LogP contribution in [0.15, 0.2) is 35.7 Å². The second kappa shape index (κ2) is 6.40. The zero-order valence-corrected chi connectivity index (χ0v) is 13.6. The third kappa shape index (κ3) is 3.09. The minimum Gasteiger partial charge on any atom is -0.497 e. The quantitative estimate of drug-likeness (QED) is 0.817. The van der Waals surface area contributed by atoms with E-state index in [1.165, 1.54) is 11.3 Å². The van der Waals surface area contributed by atoms with E-state index in [-0.39, 0.29) is 5.91 Å². The molecule has 0 aliphatic heterocycles. The molecule has 1 aliphatic carbocycles. The van der Waals surface area contributed by atoms with E-state index >= 15 is 0 Å². The molecule has 0 spiro atoms. The third-order valence-electron chi connectivity index (χ3n) is 3.81. The maximum Gasteiger partial charge on any atom is 0.264 e. The van der Waals surface area contributed by atoms with Crippen molar-refractivity contribution >= 4 is 17.2 Å². The van der Waals surface area contributed by atoms with E-state index in [0.29, 0.717) is 12.6 Å². The van der Waals surface area contributed by atoms with Crippen LogP contribution in [0.1, 0.15) is 28.1 Å². The van der Waals surface area contributed by atoms with Crippen LogP contribution in [0.4, 0.5) is 0 Å². The molecule has 1 amide bonds. The second-order valence-corrected chi connectivity index (χ2v) is 6.27. The number of carbonyl (C=O) groups is 1. The summed E-state index contributed by atoms with van der Waals surface area (Å²) in [4.78, 5) is 15.4. The molecule has 1 fully saturated rings. The van der Waals surface area contributed by atoms with Gasteiger partial charge in [-0.15, -0.1) is 11.3 Å². The summed E-state index contributed by atoms with van der Waals surface area (Å²) in [5.41, 5.74) is 0.971. The summed E-state index contributed by atoms with van der Waals surface area (Å²) in [5, 5.41) is 1.93. The Morgan fingerprint density at radius 3 is 2.68 bits per heavy atom. The fraction of sp³-hybridized carbons (Fsp3) is 0.353. The van der Waals surface area contributed by atoms with Gasteiger partial charge in [-0.3, -0.25) is 4.79 Å². The number of thiophene rings is 1. The molecule has 5 heteroatoms. The largest absolute Gasteiger partial charge is 0.497 e. The van der Waals surface area contributed by atoms with Crippen LogP contribution < -0.4 is 9.47 Å². The monoisotopic (exact) mass is 317 g/mol. The molecule has 0 N–H and O–H groups in total. The smallest absolute Gasteiger partial charge is 0.264 e. The van der Waals surface area contributed by atoms with Gasteiger partial charge in [0.05, 0.1) is 25.6 Å². The van der Waals surface area contributed by atoms with Crippen molar-refractivity contribution in [2.24, 2.45) is 0 Å². The fourth-order valence-electron chi connectivity index (χ4n) is 2.48. The average Bonchev–Trinajstić information content (AvgIpc) is 3.24. The molecule has 0 bridgehead atoms. The Morgan fingerprint density at radius 1 is 1.27 bits per heavy atom. The van der Waals surface area contributed by atoms with Crippen molar-refractivity contribution in [2.75, 3.05) is 14.2 Å².